The van der Waals surface area contributed by atoms with Crippen molar-refractivity contribution in [3.8, 4) is 0 Å². The predicted molar refractivity (Wildman–Crippen MR) is 76.6 cm³/mol. The van der Waals surface area contributed by atoms with Crippen molar-refractivity contribution in [3.05, 3.63) is 12.3 Å². The zero-order valence-corrected chi connectivity index (χ0v) is 12.2. The number of anilines is 1. The van der Waals surface area contributed by atoms with Crippen LogP contribution in [-0.2, 0) is 16.1 Å². The molecule has 1 aromatic rings. The largest absolute Gasteiger partial charge is 0.481 e. The van der Waals surface area contributed by atoms with Crippen LogP contribution in [0.3, 0.4) is 0 Å². The molecule has 1 aromatic heterocycles. The summed E-state index contributed by atoms with van der Waals surface area (Å²) in [6, 6.07) is 1.72. The van der Waals surface area contributed by atoms with E-state index in [0.717, 1.165) is 24.7 Å². The first-order valence-electron chi connectivity index (χ1n) is 7.59. The van der Waals surface area contributed by atoms with Crippen LogP contribution in [0, 0.1) is 23.7 Å². The van der Waals surface area contributed by atoms with Gasteiger partial charge in [-0.3, -0.25) is 14.3 Å². The summed E-state index contributed by atoms with van der Waals surface area (Å²) in [5, 5.41) is 15.7. The second-order valence-corrected chi connectivity index (χ2v) is 6.41. The molecule has 1 heterocycles. The second kappa shape index (κ2) is 5.50. The molecule has 3 rings (SSSR count). The summed E-state index contributed by atoms with van der Waals surface area (Å²) < 4.78 is 1.55. The number of aromatic nitrogens is 2. The number of rotatable bonds is 5. The van der Waals surface area contributed by atoms with E-state index in [1.807, 2.05) is 0 Å². The van der Waals surface area contributed by atoms with Gasteiger partial charge in [-0.1, -0.05) is 6.92 Å². The number of carboxylic acid groups (broad SMARTS) is 1. The molecular weight excluding hydrogens is 270 g/mol. The summed E-state index contributed by atoms with van der Waals surface area (Å²) in [5.41, 5.74) is 0. The molecule has 2 fully saturated rings. The number of hydrogen-bond donors (Lipinski definition) is 2. The van der Waals surface area contributed by atoms with Gasteiger partial charge in [0.05, 0.1) is 13.0 Å². The zero-order chi connectivity index (χ0) is 15.0. The number of nitrogens with zero attached hydrogens (tertiary/aromatic N) is 2. The third kappa shape index (κ3) is 3.25. The highest BCUT2D eigenvalue weighted by Gasteiger charge is 2.47. The summed E-state index contributed by atoms with van der Waals surface area (Å²) in [7, 11) is 0. The number of hydrogen-bond acceptors (Lipinski definition) is 3. The molecule has 4 unspecified atom stereocenters. The normalized spacial score (nSPS) is 30.5. The van der Waals surface area contributed by atoms with Crippen LogP contribution in [0.15, 0.2) is 12.3 Å². The fraction of sp³-hybridized carbons (Fsp3) is 0.667. The fourth-order valence-electron chi connectivity index (χ4n) is 3.44. The number of carbonyl (C=O) groups excluding carboxylic acids is 1. The van der Waals surface area contributed by atoms with E-state index in [1.54, 1.807) is 16.9 Å². The Morgan fingerprint density at radius 1 is 1.38 bits per heavy atom. The van der Waals surface area contributed by atoms with E-state index in [4.69, 9.17) is 5.11 Å². The van der Waals surface area contributed by atoms with Gasteiger partial charge in [0.1, 0.15) is 0 Å². The predicted octanol–water partition coefficient (Wildman–Crippen LogP) is 1.98. The van der Waals surface area contributed by atoms with E-state index in [0.29, 0.717) is 18.3 Å². The molecule has 0 radical (unpaired) electrons. The number of amides is 1. The highest BCUT2D eigenvalue weighted by atomic mass is 16.4. The summed E-state index contributed by atoms with van der Waals surface area (Å²) in [6.45, 7) is 2.47. The SMILES string of the molecule is CC1CC2CC2CC1C(=O)Nc1ccn(CCC(=O)O)n1. The lowest BCUT2D eigenvalue weighted by molar-refractivity contribution is -0.137. The highest BCUT2D eigenvalue weighted by Crippen LogP contribution is 2.53. The van der Waals surface area contributed by atoms with Crippen molar-refractivity contribution in [1.29, 1.82) is 0 Å². The second-order valence-electron chi connectivity index (χ2n) is 6.41. The van der Waals surface area contributed by atoms with Crippen LogP contribution >= 0.6 is 0 Å². The van der Waals surface area contributed by atoms with Crippen molar-refractivity contribution >= 4 is 17.7 Å². The van der Waals surface area contributed by atoms with Gasteiger partial charge in [-0.05, 0) is 37.0 Å². The minimum Gasteiger partial charge on any atom is -0.481 e. The number of aryl methyl sites for hydroxylation is 1. The molecule has 0 spiro atoms. The lowest BCUT2D eigenvalue weighted by Gasteiger charge is -2.26. The van der Waals surface area contributed by atoms with Crippen molar-refractivity contribution in [3.63, 3.8) is 0 Å². The standard InChI is InChI=1S/C15H21N3O3/c1-9-6-10-7-11(10)8-12(9)15(21)16-13-2-4-18(17-13)5-3-14(19)20/h2,4,9-12H,3,5-8H2,1H3,(H,19,20)(H,16,17,21). The molecule has 0 aromatic carbocycles. The van der Waals surface area contributed by atoms with Crippen LogP contribution < -0.4 is 5.32 Å². The van der Waals surface area contributed by atoms with Gasteiger partial charge in [0, 0.05) is 18.2 Å². The Hall–Kier alpha value is -1.85. The third-order valence-electron chi connectivity index (χ3n) is 4.77. The molecule has 2 aliphatic rings. The van der Waals surface area contributed by atoms with Gasteiger partial charge < -0.3 is 10.4 Å². The molecular formula is C15H21N3O3. The molecule has 21 heavy (non-hydrogen) atoms. The number of fused-ring (bicyclic) bond motifs is 1. The van der Waals surface area contributed by atoms with E-state index in [9.17, 15) is 9.59 Å². The van der Waals surface area contributed by atoms with Crippen molar-refractivity contribution in [2.24, 2.45) is 23.7 Å². The molecule has 4 atom stereocenters. The van der Waals surface area contributed by atoms with Crippen molar-refractivity contribution in [2.45, 2.75) is 39.2 Å². The van der Waals surface area contributed by atoms with Gasteiger partial charge in [-0.25, -0.2) is 0 Å². The first-order chi connectivity index (χ1) is 10.0. The fourth-order valence-corrected chi connectivity index (χ4v) is 3.44. The van der Waals surface area contributed by atoms with Crippen LogP contribution in [0.2, 0.25) is 0 Å². The Morgan fingerprint density at radius 3 is 2.90 bits per heavy atom. The molecule has 114 valence electrons. The first-order valence-corrected chi connectivity index (χ1v) is 7.59. The molecule has 2 N–H and O–H groups in total. The van der Waals surface area contributed by atoms with E-state index in [1.165, 1.54) is 6.42 Å². The Morgan fingerprint density at radius 2 is 2.14 bits per heavy atom. The van der Waals surface area contributed by atoms with Gasteiger partial charge in [0.25, 0.3) is 0 Å². The quantitative estimate of drug-likeness (QED) is 0.868. The summed E-state index contributed by atoms with van der Waals surface area (Å²) in [6.07, 6.45) is 5.17. The highest BCUT2D eigenvalue weighted by molar-refractivity contribution is 5.91. The maximum Gasteiger partial charge on any atom is 0.305 e. The topological polar surface area (TPSA) is 84.2 Å². The number of carboxylic acids is 1. The monoisotopic (exact) mass is 291 g/mol. The minimum absolute atomic E-state index is 0.0256. The van der Waals surface area contributed by atoms with Gasteiger partial charge in [-0.15, -0.1) is 0 Å². The molecule has 2 aliphatic carbocycles. The number of carbonyl (C=O) groups is 2. The molecule has 6 nitrogen and oxygen atoms in total. The maximum absolute atomic E-state index is 12.4. The number of nitrogens with one attached hydrogen (secondary N) is 1. The Kier molecular flexibility index (Phi) is 3.69. The Balaban J connectivity index is 1.55. The van der Waals surface area contributed by atoms with Crippen LogP contribution in [0.5, 0.6) is 0 Å². The van der Waals surface area contributed by atoms with Gasteiger partial charge in [-0.2, -0.15) is 5.10 Å². The summed E-state index contributed by atoms with van der Waals surface area (Å²) in [4.78, 5) is 22.9. The lowest BCUT2D eigenvalue weighted by atomic mass is 9.80. The molecule has 2 saturated carbocycles. The maximum atomic E-state index is 12.4. The van der Waals surface area contributed by atoms with E-state index >= 15 is 0 Å². The van der Waals surface area contributed by atoms with E-state index in [-0.39, 0.29) is 18.2 Å². The Bertz CT molecular complexity index is 554. The van der Waals surface area contributed by atoms with Crippen LogP contribution in [0.25, 0.3) is 0 Å². The summed E-state index contributed by atoms with van der Waals surface area (Å²) in [5.74, 6) is 1.84. The minimum atomic E-state index is -0.855. The Labute approximate surface area is 123 Å². The van der Waals surface area contributed by atoms with Crippen molar-refractivity contribution in [1.82, 2.24) is 9.78 Å². The first kappa shape index (κ1) is 14.1. The zero-order valence-electron chi connectivity index (χ0n) is 12.2. The number of aliphatic carboxylic acids is 1. The smallest absolute Gasteiger partial charge is 0.305 e. The van der Waals surface area contributed by atoms with Crippen LogP contribution in [-0.4, -0.2) is 26.8 Å². The third-order valence-corrected chi connectivity index (χ3v) is 4.77. The average molecular weight is 291 g/mol. The molecule has 0 saturated heterocycles. The average Bonchev–Trinajstić information content (AvgIpc) is 3.03. The van der Waals surface area contributed by atoms with Gasteiger partial charge in [0.2, 0.25) is 5.91 Å². The van der Waals surface area contributed by atoms with Crippen LogP contribution in [0.1, 0.15) is 32.6 Å². The van der Waals surface area contributed by atoms with Crippen molar-refractivity contribution < 1.29 is 14.7 Å². The van der Waals surface area contributed by atoms with Gasteiger partial charge in [0.15, 0.2) is 5.82 Å². The summed E-state index contributed by atoms with van der Waals surface area (Å²) >= 11 is 0. The van der Waals surface area contributed by atoms with Crippen LogP contribution in [0.4, 0.5) is 5.82 Å². The molecule has 1 amide bonds. The van der Waals surface area contributed by atoms with Gasteiger partial charge >= 0.3 is 5.97 Å². The molecule has 0 aliphatic heterocycles. The molecule has 6 heteroatoms. The van der Waals surface area contributed by atoms with Crippen molar-refractivity contribution in [2.75, 3.05) is 5.32 Å². The van der Waals surface area contributed by atoms with E-state index < -0.39 is 5.97 Å². The van der Waals surface area contributed by atoms with E-state index in [2.05, 4.69) is 17.3 Å². The lowest BCUT2D eigenvalue weighted by Crippen LogP contribution is -2.31. The molecule has 0 bridgehead atoms.